The molecule has 6 heteroatoms. The summed E-state index contributed by atoms with van der Waals surface area (Å²) < 4.78 is 12.4. The molecule has 3 aliphatic heterocycles. The number of hydrogen-bond acceptors (Lipinski definition) is 4. The molecule has 3 heterocycles. The van der Waals surface area contributed by atoms with Crippen molar-refractivity contribution in [1.29, 1.82) is 0 Å². The van der Waals surface area contributed by atoms with Crippen LogP contribution >= 0.6 is 15.9 Å². The van der Waals surface area contributed by atoms with Crippen LogP contribution in [0.4, 0.5) is 5.69 Å². The summed E-state index contributed by atoms with van der Waals surface area (Å²) in [5, 5.41) is 0. The molecule has 1 aromatic rings. The van der Waals surface area contributed by atoms with Crippen LogP contribution in [0, 0.1) is 11.8 Å². The number of anilines is 1. The van der Waals surface area contributed by atoms with Gasteiger partial charge in [0.15, 0.2) is 0 Å². The van der Waals surface area contributed by atoms with Crippen LogP contribution in [0.1, 0.15) is 26.2 Å². The third-order valence-electron chi connectivity index (χ3n) is 5.51. The summed E-state index contributed by atoms with van der Waals surface area (Å²) in [5.74, 6) is -1.45. The fourth-order valence-electron chi connectivity index (χ4n) is 4.26. The highest BCUT2D eigenvalue weighted by Crippen LogP contribution is 2.53. The fraction of sp³-hybridized carbons (Fsp3) is 0.500. The molecular formula is C20H22BrNO4. The first kappa shape index (κ1) is 17.7. The van der Waals surface area contributed by atoms with E-state index in [-0.39, 0.29) is 18.0 Å². The zero-order valence-electron chi connectivity index (χ0n) is 14.7. The first-order valence-corrected chi connectivity index (χ1v) is 9.96. The predicted octanol–water partition coefficient (Wildman–Crippen LogP) is 3.47. The summed E-state index contributed by atoms with van der Waals surface area (Å²) in [6.45, 7) is 2.93. The molecule has 0 saturated carbocycles. The average molecular weight is 420 g/mol. The number of hydrogen-bond donors (Lipinski definition) is 0. The molecular weight excluding hydrogens is 398 g/mol. The van der Waals surface area contributed by atoms with Crippen LogP contribution in [0.5, 0.6) is 0 Å². The van der Waals surface area contributed by atoms with Gasteiger partial charge in [0.05, 0.1) is 30.9 Å². The normalized spacial score (nSPS) is 31.5. The van der Waals surface area contributed by atoms with Crippen LogP contribution in [-0.4, -0.2) is 36.7 Å². The highest BCUT2D eigenvalue weighted by atomic mass is 79.9. The molecule has 3 aliphatic rings. The summed E-state index contributed by atoms with van der Waals surface area (Å²) in [7, 11) is 0. The van der Waals surface area contributed by atoms with E-state index in [2.05, 4.69) is 22.9 Å². The molecule has 0 unspecified atom stereocenters. The van der Waals surface area contributed by atoms with E-state index in [0.29, 0.717) is 13.2 Å². The summed E-state index contributed by atoms with van der Waals surface area (Å²) >= 11 is 3.51. The summed E-state index contributed by atoms with van der Waals surface area (Å²) in [6, 6.07) is 7.61. The van der Waals surface area contributed by atoms with Gasteiger partial charge in [0.1, 0.15) is 11.5 Å². The largest absolute Gasteiger partial charge is 0.465 e. The number of rotatable bonds is 6. The Labute approximate surface area is 161 Å². The molecule has 2 fully saturated rings. The Kier molecular flexibility index (Phi) is 4.65. The number of halogens is 1. The molecule has 5 nitrogen and oxygen atoms in total. The van der Waals surface area contributed by atoms with Gasteiger partial charge in [-0.25, -0.2) is 0 Å². The lowest BCUT2D eigenvalue weighted by molar-refractivity contribution is -0.152. The Morgan fingerprint density at radius 3 is 2.96 bits per heavy atom. The molecule has 1 aromatic carbocycles. The number of esters is 1. The van der Waals surface area contributed by atoms with E-state index in [4.69, 9.17) is 9.47 Å². The van der Waals surface area contributed by atoms with Gasteiger partial charge in [-0.1, -0.05) is 44.1 Å². The number of benzene rings is 1. The third-order valence-corrected chi connectivity index (χ3v) is 6.18. The SMILES string of the molecule is CCCCCOC(=O)[C@H]1[C@@H]2C=C[C@]3(CN(c4ccccc4Br)C(=O)[C@H]13)O2. The van der Waals surface area contributed by atoms with E-state index in [1.807, 2.05) is 36.4 Å². The van der Waals surface area contributed by atoms with Crippen LogP contribution in [0.3, 0.4) is 0 Å². The zero-order valence-corrected chi connectivity index (χ0v) is 16.3. The van der Waals surface area contributed by atoms with Crippen LogP contribution in [-0.2, 0) is 19.1 Å². The Balaban J connectivity index is 1.56. The molecule has 0 aromatic heterocycles. The molecule has 0 N–H and O–H groups in total. The lowest BCUT2D eigenvalue weighted by atomic mass is 9.77. The van der Waals surface area contributed by atoms with Gasteiger partial charge in [0.25, 0.3) is 0 Å². The molecule has 26 heavy (non-hydrogen) atoms. The number of para-hydroxylation sites is 1. The van der Waals surface area contributed by atoms with Crippen molar-refractivity contribution in [3.8, 4) is 0 Å². The molecule has 2 saturated heterocycles. The molecule has 0 aliphatic carbocycles. The number of fused-ring (bicyclic) bond motifs is 1. The molecule has 4 rings (SSSR count). The van der Waals surface area contributed by atoms with Crippen molar-refractivity contribution in [3.05, 3.63) is 40.9 Å². The van der Waals surface area contributed by atoms with Crippen LogP contribution in [0.2, 0.25) is 0 Å². The van der Waals surface area contributed by atoms with Crippen molar-refractivity contribution in [2.45, 2.75) is 37.9 Å². The second-order valence-electron chi connectivity index (χ2n) is 7.15. The van der Waals surface area contributed by atoms with Gasteiger partial charge in [-0.3, -0.25) is 9.59 Å². The maximum atomic E-state index is 13.2. The second kappa shape index (κ2) is 6.82. The highest BCUT2D eigenvalue weighted by molar-refractivity contribution is 9.10. The first-order valence-electron chi connectivity index (χ1n) is 9.17. The van der Waals surface area contributed by atoms with Gasteiger partial charge in [-0.2, -0.15) is 0 Å². The van der Waals surface area contributed by atoms with Crippen molar-refractivity contribution in [3.63, 3.8) is 0 Å². The maximum Gasteiger partial charge on any atom is 0.312 e. The van der Waals surface area contributed by atoms with Gasteiger partial charge in [0, 0.05) is 4.47 Å². The van der Waals surface area contributed by atoms with Gasteiger partial charge < -0.3 is 14.4 Å². The van der Waals surface area contributed by atoms with E-state index in [0.717, 1.165) is 29.4 Å². The van der Waals surface area contributed by atoms with Crippen LogP contribution in [0.25, 0.3) is 0 Å². The number of ether oxygens (including phenoxy) is 2. The third kappa shape index (κ3) is 2.70. The summed E-state index contributed by atoms with van der Waals surface area (Å²) in [4.78, 5) is 27.6. The Bertz CT molecular complexity index is 764. The molecule has 1 spiro atoms. The first-order chi connectivity index (χ1) is 12.6. The molecule has 0 radical (unpaired) electrons. The van der Waals surface area contributed by atoms with E-state index in [1.165, 1.54) is 0 Å². The van der Waals surface area contributed by atoms with Crippen molar-refractivity contribution in [1.82, 2.24) is 0 Å². The van der Waals surface area contributed by atoms with Gasteiger partial charge in [-0.05, 0) is 34.5 Å². The van der Waals surface area contributed by atoms with Crippen molar-refractivity contribution >= 4 is 33.5 Å². The van der Waals surface area contributed by atoms with E-state index in [9.17, 15) is 9.59 Å². The number of amides is 1. The lowest BCUT2D eigenvalue weighted by Crippen LogP contribution is -2.40. The molecule has 1 amide bonds. The minimum absolute atomic E-state index is 0.0701. The van der Waals surface area contributed by atoms with Gasteiger partial charge >= 0.3 is 5.97 Å². The number of unbranched alkanes of at least 4 members (excludes halogenated alkanes) is 2. The van der Waals surface area contributed by atoms with Gasteiger partial charge in [0.2, 0.25) is 5.91 Å². The fourth-order valence-corrected chi connectivity index (χ4v) is 4.76. The Morgan fingerprint density at radius 2 is 2.19 bits per heavy atom. The summed E-state index contributed by atoms with van der Waals surface area (Å²) in [6.07, 6.45) is 6.45. The Morgan fingerprint density at radius 1 is 1.38 bits per heavy atom. The van der Waals surface area contributed by atoms with E-state index in [1.54, 1.807) is 4.90 Å². The zero-order chi connectivity index (χ0) is 18.3. The van der Waals surface area contributed by atoms with Crippen LogP contribution < -0.4 is 4.90 Å². The topological polar surface area (TPSA) is 55.8 Å². The molecule has 138 valence electrons. The van der Waals surface area contributed by atoms with Gasteiger partial charge in [-0.15, -0.1) is 0 Å². The monoisotopic (exact) mass is 419 g/mol. The second-order valence-corrected chi connectivity index (χ2v) is 8.00. The minimum atomic E-state index is -0.718. The number of nitrogens with zero attached hydrogens (tertiary/aromatic N) is 1. The van der Waals surface area contributed by atoms with Crippen molar-refractivity contribution in [2.75, 3.05) is 18.1 Å². The standard InChI is InChI=1S/C20H22BrNO4/c1-2-3-6-11-25-19(24)16-15-9-10-20(26-15)12-22(18(23)17(16)20)14-8-5-4-7-13(14)21/h4-5,7-10,15-17H,2-3,6,11-12H2,1H3/t15-,16-,17-,20+/m0/s1. The smallest absolute Gasteiger partial charge is 0.312 e. The quantitative estimate of drug-likeness (QED) is 0.402. The highest BCUT2D eigenvalue weighted by Gasteiger charge is 2.67. The van der Waals surface area contributed by atoms with Crippen LogP contribution in [0.15, 0.2) is 40.9 Å². The number of carbonyl (C=O) groups excluding carboxylic acids is 2. The van der Waals surface area contributed by atoms with E-state index < -0.39 is 17.4 Å². The van der Waals surface area contributed by atoms with E-state index >= 15 is 0 Å². The average Bonchev–Trinajstić information content (AvgIpc) is 3.27. The minimum Gasteiger partial charge on any atom is -0.465 e. The van der Waals surface area contributed by atoms with Crippen molar-refractivity contribution < 1.29 is 19.1 Å². The predicted molar refractivity (Wildman–Crippen MR) is 101 cm³/mol. The number of carbonyl (C=O) groups is 2. The lowest BCUT2D eigenvalue weighted by Gasteiger charge is -2.22. The summed E-state index contributed by atoms with van der Waals surface area (Å²) in [5.41, 5.74) is 0.0845. The van der Waals surface area contributed by atoms with Crippen molar-refractivity contribution in [2.24, 2.45) is 11.8 Å². The Hall–Kier alpha value is -1.66. The molecule has 2 bridgehead atoms. The maximum absolute atomic E-state index is 13.2. The molecule has 4 atom stereocenters.